The highest BCUT2D eigenvalue weighted by Gasteiger charge is 2.12. The number of aliphatic hydroxyl groups is 1. The highest BCUT2D eigenvalue weighted by atomic mass is 16.5. The number of aromatic nitrogens is 2. The third kappa shape index (κ3) is 6.62. The molecule has 2 aromatic rings. The Morgan fingerprint density at radius 1 is 1.20 bits per heavy atom. The van der Waals surface area contributed by atoms with Crippen molar-refractivity contribution in [1.29, 1.82) is 0 Å². The van der Waals surface area contributed by atoms with Crippen LogP contribution < -0.4 is 5.32 Å². The molecule has 1 aliphatic heterocycles. The minimum absolute atomic E-state index is 0.00298. The summed E-state index contributed by atoms with van der Waals surface area (Å²) in [5.74, 6) is 0.787. The Balaban J connectivity index is 1.79. The largest absolute Gasteiger partial charge is 0.392 e. The molecule has 0 radical (unpaired) electrons. The van der Waals surface area contributed by atoms with Gasteiger partial charge in [0.05, 0.1) is 25.5 Å². The molecule has 1 fully saturated rings. The molecule has 0 unspecified atom stereocenters. The van der Waals surface area contributed by atoms with Gasteiger partial charge in [0, 0.05) is 43.7 Å². The van der Waals surface area contributed by atoms with E-state index in [1.165, 1.54) is 0 Å². The number of morpholine rings is 1. The first kappa shape index (κ1) is 21.9. The van der Waals surface area contributed by atoms with Crippen molar-refractivity contribution in [3.63, 3.8) is 0 Å². The second kappa shape index (κ2) is 12.0. The maximum absolute atomic E-state index is 9.15. The Bertz CT molecular complexity index is 859. The fraction of sp³-hybridized carbons (Fsp3) is 0.333. The van der Waals surface area contributed by atoms with Crippen molar-refractivity contribution in [1.82, 2.24) is 15.1 Å². The zero-order valence-electron chi connectivity index (χ0n) is 17.3. The molecule has 1 aliphatic rings. The van der Waals surface area contributed by atoms with Crippen molar-refractivity contribution in [2.45, 2.75) is 6.42 Å². The predicted octanol–water partition coefficient (Wildman–Crippen LogP) is 3.09. The van der Waals surface area contributed by atoms with Gasteiger partial charge >= 0.3 is 0 Å². The van der Waals surface area contributed by atoms with Crippen LogP contribution >= 0.6 is 0 Å². The number of ether oxygens (including phenoxy) is 1. The quantitative estimate of drug-likeness (QED) is 0.591. The summed E-state index contributed by atoms with van der Waals surface area (Å²) >= 11 is 0. The van der Waals surface area contributed by atoms with Crippen LogP contribution in [0.25, 0.3) is 11.3 Å². The first-order chi connectivity index (χ1) is 14.8. The van der Waals surface area contributed by atoms with Crippen molar-refractivity contribution in [3.05, 3.63) is 78.4 Å². The number of nitrogens with zero attached hydrogens (tertiary/aromatic N) is 3. The second-order valence-corrected chi connectivity index (χ2v) is 7.09. The molecule has 30 heavy (non-hydrogen) atoms. The molecule has 2 N–H and O–H groups in total. The van der Waals surface area contributed by atoms with Crippen LogP contribution in [0.3, 0.4) is 0 Å². The minimum atomic E-state index is 0.00298. The highest BCUT2D eigenvalue weighted by Crippen LogP contribution is 2.23. The number of benzene rings is 1. The van der Waals surface area contributed by atoms with Gasteiger partial charge in [-0.25, -0.2) is 0 Å². The maximum Gasteiger partial charge on any atom is 0.152 e. The van der Waals surface area contributed by atoms with Crippen LogP contribution in [0.1, 0.15) is 5.56 Å². The summed E-state index contributed by atoms with van der Waals surface area (Å²) in [5, 5.41) is 21.6. The standard InChI is InChI=1S/C24H30N4O2/c1-2-7-20(8-6-15-29)18-22-19-23(21-9-4-3-5-10-21)26-27-24(22)25-11-12-28-13-16-30-17-14-28/h2-10,19,29H,1,11-18H2,(H,25,27)/b8-6-,20-7+. The number of nitrogens with one attached hydrogen (secondary N) is 1. The summed E-state index contributed by atoms with van der Waals surface area (Å²) in [6, 6.07) is 12.1. The van der Waals surface area contributed by atoms with Crippen LogP contribution in [0, 0.1) is 0 Å². The molecule has 1 saturated heterocycles. The Labute approximate surface area is 178 Å². The first-order valence-corrected chi connectivity index (χ1v) is 10.3. The topological polar surface area (TPSA) is 70.5 Å². The smallest absolute Gasteiger partial charge is 0.152 e. The fourth-order valence-electron chi connectivity index (χ4n) is 3.37. The normalized spacial score (nSPS) is 15.4. The third-order valence-electron chi connectivity index (χ3n) is 4.93. The summed E-state index contributed by atoms with van der Waals surface area (Å²) in [6.45, 7) is 9.05. The van der Waals surface area contributed by atoms with Crippen molar-refractivity contribution >= 4 is 5.82 Å². The Hall–Kier alpha value is -2.80. The van der Waals surface area contributed by atoms with E-state index in [2.05, 4.69) is 33.1 Å². The number of hydrogen-bond acceptors (Lipinski definition) is 6. The van der Waals surface area contributed by atoms with E-state index in [0.29, 0.717) is 6.42 Å². The van der Waals surface area contributed by atoms with Crippen LogP contribution in [-0.2, 0) is 11.2 Å². The van der Waals surface area contributed by atoms with Crippen LogP contribution in [-0.4, -0.2) is 66.2 Å². The molecule has 1 aromatic heterocycles. The summed E-state index contributed by atoms with van der Waals surface area (Å²) in [4.78, 5) is 2.38. The lowest BCUT2D eigenvalue weighted by Crippen LogP contribution is -2.39. The molecule has 6 heteroatoms. The van der Waals surface area contributed by atoms with Crippen molar-refractivity contribution in [2.75, 3.05) is 51.3 Å². The molecule has 3 rings (SSSR count). The maximum atomic E-state index is 9.15. The minimum Gasteiger partial charge on any atom is -0.392 e. The van der Waals surface area contributed by atoms with Gasteiger partial charge in [-0.1, -0.05) is 61.2 Å². The predicted molar refractivity (Wildman–Crippen MR) is 121 cm³/mol. The Morgan fingerprint density at radius 3 is 2.73 bits per heavy atom. The van der Waals surface area contributed by atoms with Gasteiger partial charge in [0.1, 0.15) is 0 Å². The average Bonchev–Trinajstić information content (AvgIpc) is 2.80. The fourth-order valence-corrected chi connectivity index (χ4v) is 3.37. The molecule has 2 heterocycles. The van der Waals surface area contributed by atoms with Gasteiger partial charge in [-0.15, -0.1) is 10.2 Å². The zero-order valence-corrected chi connectivity index (χ0v) is 17.3. The molecule has 6 nitrogen and oxygen atoms in total. The zero-order chi connectivity index (χ0) is 21.0. The number of anilines is 1. The Morgan fingerprint density at radius 2 is 2.00 bits per heavy atom. The molecule has 0 amide bonds. The number of allylic oxidation sites excluding steroid dienone is 4. The van der Waals surface area contributed by atoms with Gasteiger partial charge in [0.2, 0.25) is 0 Å². The molecule has 0 spiro atoms. The summed E-state index contributed by atoms with van der Waals surface area (Å²) in [6.07, 6.45) is 8.02. The van der Waals surface area contributed by atoms with Crippen LogP contribution in [0.2, 0.25) is 0 Å². The van der Waals surface area contributed by atoms with E-state index in [4.69, 9.17) is 9.84 Å². The second-order valence-electron chi connectivity index (χ2n) is 7.09. The summed E-state index contributed by atoms with van der Waals surface area (Å²) in [7, 11) is 0. The van der Waals surface area contributed by atoms with E-state index in [-0.39, 0.29) is 6.61 Å². The van der Waals surface area contributed by atoms with Gasteiger partial charge in [0.25, 0.3) is 0 Å². The van der Waals surface area contributed by atoms with Gasteiger partial charge in [0.15, 0.2) is 5.82 Å². The van der Waals surface area contributed by atoms with Crippen molar-refractivity contribution < 1.29 is 9.84 Å². The SMILES string of the molecule is C=C/C=C(\C=C/CO)Cc1cc(-c2ccccc2)nnc1NCCN1CCOCC1. The molecule has 0 aliphatic carbocycles. The number of aliphatic hydroxyl groups excluding tert-OH is 1. The van der Waals surface area contributed by atoms with E-state index >= 15 is 0 Å². The van der Waals surface area contributed by atoms with Gasteiger partial charge in [-0.2, -0.15) is 0 Å². The van der Waals surface area contributed by atoms with Crippen molar-refractivity contribution in [3.8, 4) is 11.3 Å². The molecular weight excluding hydrogens is 376 g/mol. The Kier molecular flexibility index (Phi) is 8.78. The van der Waals surface area contributed by atoms with E-state index < -0.39 is 0 Å². The van der Waals surface area contributed by atoms with Crippen LogP contribution in [0.15, 0.2) is 72.9 Å². The van der Waals surface area contributed by atoms with E-state index in [9.17, 15) is 0 Å². The number of rotatable bonds is 10. The lowest BCUT2D eigenvalue weighted by Gasteiger charge is -2.26. The molecule has 0 atom stereocenters. The van der Waals surface area contributed by atoms with E-state index in [0.717, 1.165) is 67.6 Å². The molecular formula is C24H30N4O2. The summed E-state index contributed by atoms with van der Waals surface area (Å²) in [5.41, 5.74) is 3.98. The van der Waals surface area contributed by atoms with Crippen molar-refractivity contribution in [2.24, 2.45) is 0 Å². The lowest BCUT2D eigenvalue weighted by molar-refractivity contribution is 0.0398. The van der Waals surface area contributed by atoms with Crippen LogP contribution in [0.4, 0.5) is 5.82 Å². The molecule has 0 saturated carbocycles. The first-order valence-electron chi connectivity index (χ1n) is 10.3. The van der Waals surface area contributed by atoms with Gasteiger partial charge in [-0.3, -0.25) is 4.90 Å². The molecule has 158 valence electrons. The van der Waals surface area contributed by atoms with Crippen LogP contribution in [0.5, 0.6) is 0 Å². The lowest BCUT2D eigenvalue weighted by atomic mass is 10.0. The molecule has 0 bridgehead atoms. The number of hydrogen-bond donors (Lipinski definition) is 2. The van der Waals surface area contributed by atoms with Gasteiger partial charge in [-0.05, 0) is 11.6 Å². The van der Waals surface area contributed by atoms with E-state index in [1.807, 2.05) is 42.5 Å². The van der Waals surface area contributed by atoms with Gasteiger partial charge < -0.3 is 15.2 Å². The van der Waals surface area contributed by atoms with E-state index in [1.54, 1.807) is 12.2 Å². The third-order valence-corrected chi connectivity index (χ3v) is 4.93. The monoisotopic (exact) mass is 406 g/mol. The highest BCUT2D eigenvalue weighted by molar-refractivity contribution is 5.62. The summed E-state index contributed by atoms with van der Waals surface area (Å²) < 4.78 is 5.41. The average molecular weight is 407 g/mol. The molecule has 1 aromatic carbocycles.